The van der Waals surface area contributed by atoms with Crippen LogP contribution in [0.25, 0.3) is 0 Å². The van der Waals surface area contributed by atoms with Crippen LogP contribution in [0.3, 0.4) is 0 Å². The molecule has 1 atom stereocenters. The molecule has 0 aliphatic heterocycles. The van der Waals surface area contributed by atoms with Crippen LogP contribution in [0.2, 0.25) is 0 Å². The largest absolute Gasteiger partial charge is 0.481 e. The Labute approximate surface area is 127 Å². The molecule has 4 heteroatoms. The molecule has 4 nitrogen and oxygen atoms in total. The minimum atomic E-state index is -0.456. The standard InChI is InChI=1S/C17H26N2O2/c1-13(17(20)19-15-6-4-3-5-7-15)21-16-10-8-14(9-11-16)12-18-2/h8-11,13,15,18H,3-7,12H2,1-2H3,(H,19,20). The van der Waals surface area contributed by atoms with Crippen LogP contribution in [0.5, 0.6) is 5.75 Å². The average Bonchev–Trinajstić information content (AvgIpc) is 2.50. The van der Waals surface area contributed by atoms with Crippen LogP contribution >= 0.6 is 0 Å². The van der Waals surface area contributed by atoms with Crippen molar-refractivity contribution in [3.63, 3.8) is 0 Å². The lowest BCUT2D eigenvalue weighted by molar-refractivity contribution is -0.128. The predicted octanol–water partition coefficient (Wildman–Crippen LogP) is 2.62. The molecule has 0 heterocycles. The summed E-state index contributed by atoms with van der Waals surface area (Å²) in [5.41, 5.74) is 1.20. The second-order valence-corrected chi connectivity index (χ2v) is 5.78. The zero-order valence-corrected chi connectivity index (χ0v) is 13.0. The summed E-state index contributed by atoms with van der Waals surface area (Å²) in [6.45, 7) is 2.64. The lowest BCUT2D eigenvalue weighted by atomic mass is 9.95. The molecule has 1 aliphatic carbocycles. The number of amides is 1. The molecule has 21 heavy (non-hydrogen) atoms. The van der Waals surface area contributed by atoms with Gasteiger partial charge in [-0.05, 0) is 44.5 Å². The highest BCUT2D eigenvalue weighted by molar-refractivity contribution is 5.81. The van der Waals surface area contributed by atoms with E-state index in [2.05, 4.69) is 10.6 Å². The van der Waals surface area contributed by atoms with Crippen molar-refractivity contribution in [2.75, 3.05) is 7.05 Å². The van der Waals surface area contributed by atoms with Gasteiger partial charge in [0.1, 0.15) is 5.75 Å². The van der Waals surface area contributed by atoms with Gasteiger partial charge < -0.3 is 15.4 Å². The Kier molecular flexibility index (Phi) is 6.05. The smallest absolute Gasteiger partial charge is 0.260 e. The Bertz CT molecular complexity index is 439. The molecule has 0 saturated heterocycles. The maximum Gasteiger partial charge on any atom is 0.260 e. The fourth-order valence-electron chi connectivity index (χ4n) is 2.71. The van der Waals surface area contributed by atoms with Crippen molar-refractivity contribution in [3.05, 3.63) is 29.8 Å². The van der Waals surface area contributed by atoms with E-state index >= 15 is 0 Å². The van der Waals surface area contributed by atoms with Crippen LogP contribution in [-0.4, -0.2) is 25.1 Å². The molecule has 2 rings (SSSR count). The molecule has 1 aromatic carbocycles. The van der Waals surface area contributed by atoms with E-state index in [0.717, 1.165) is 25.1 Å². The first kappa shape index (κ1) is 15.8. The molecular formula is C17H26N2O2. The number of hydrogen-bond donors (Lipinski definition) is 2. The molecular weight excluding hydrogens is 264 g/mol. The van der Waals surface area contributed by atoms with E-state index in [1.807, 2.05) is 31.3 Å². The van der Waals surface area contributed by atoms with Gasteiger partial charge in [0.25, 0.3) is 5.91 Å². The van der Waals surface area contributed by atoms with Gasteiger partial charge in [-0.25, -0.2) is 0 Å². The molecule has 0 bridgehead atoms. The highest BCUT2D eigenvalue weighted by Crippen LogP contribution is 2.18. The molecule has 1 fully saturated rings. The third kappa shape index (κ3) is 5.05. The van der Waals surface area contributed by atoms with Gasteiger partial charge in [0, 0.05) is 12.6 Å². The van der Waals surface area contributed by atoms with Gasteiger partial charge in [-0.3, -0.25) is 4.79 Å². The topological polar surface area (TPSA) is 50.4 Å². The van der Waals surface area contributed by atoms with Gasteiger partial charge in [0.05, 0.1) is 0 Å². The van der Waals surface area contributed by atoms with E-state index < -0.39 is 6.10 Å². The molecule has 116 valence electrons. The van der Waals surface area contributed by atoms with Gasteiger partial charge in [-0.1, -0.05) is 31.4 Å². The molecule has 1 aromatic rings. The molecule has 1 saturated carbocycles. The predicted molar refractivity (Wildman–Crippen MR) is 84.3 cm³/mol. The number of ether oxygens (including phenoxy) is 1. The summed E-state index contributed by atoms with van der Waals surface area (Å²) < 4.78 is 5.72. The maximum absolute atomic E-state index is 12.1. The fraction of sp³-hybridized carbons (Fsp3) is 0.588. The summed E-state index contributed by atoms with van der Waals surface area (Å²) in [5, 5.41) is 6.20. The first-order valence-corrected chi connectivity index (χ1v) is 7.89. The van der Waals surface area contributed by atoms with Crippen molar-refractivity contribution in [2.24, 2.45) is 0 Å². The normalized spacial score (nSPS) is 17.2. The number of benzene rings is 1. The van der Waals surface area contributed by atoms with Gasteiger partial charge >= 0.3 is 0 Å². The summed E-state index contributed by atoms with van der Waals surface area (Å²) in [7, 11) is 1.92. The Balaban J connectivity index is 1.81. The van der Waals surface area contributed by atoms with Gasteiger partial charge in [0.15, 0.2) is 6.10 Å². The Hall–Kier alpha value is -1.55. The molecule has 1 amide bonds. The van der Waals surface area contributed by atoms with E-state index in [4.69, 9.17) is 4.74 Å². The van der Waals surface area contributed by atoms with Crippen molar-refractivity contribution in [3.8, 4) is 5.75 Å². The third-order valence-corrected chi connectivity index (χ3v) is 3.94. The van der Waals surface area contributed by atoms with Crippen molar-refractivity contribution >= 4 is 5.91 Å². The number of hydrogen-bond acceptors (Lipinski definition) is 3. The summed E-state index contributed by atoms with van der Waals surface area (Å²) in [5.74, 6) is 0.724. The Morgan fingerprint density at radius 3 is 2.52 bits per heavy atom. The monoisotopic (exact) mass is 290 g/mol. The van der Waals surface area contributed by atoms with Crippen LogP contribution in [0.15, 0.2) is 24.3 Å². The lowest BCUT2D eigenvalue weighted by Crippen LogP contribution is -2.43. The van der Waals surface area contributed by atoms with Gasteiger partial charge in [0.2, 0.25) is 0 Å². The van der Waals surface area contributed by atoms with E-state index in [1.54, 1.807) is 6.92 Å². The van der Waals surface area contributed by atoms with E-state index in [1.165, 1.54) is 24.8 Å². The van der Waals surface area contributed by atoms with Crippen LogP contribution in [0.4, 0.5) is 0 Å². The highest BCUT2D eigenvalue weighted by atomic mass is 16.5. The SMILES string of the molecule is CNCc1ccc(OC(C)C(=O)NC2CCCCC2)cc1. The quantitative estimate of drug-likeness (QED) is 0.847. The number of carbonyl (C=O) groups excluding carboxylic acids is 1. The molecule has 0 aromatic heterocycles. The van der Waals surface area contributed by atoms with Crippen LogP contribution < -0.4 is 15.4 Å². The number of carbonyl (C=O) groups is 1. The highest BCUT2D eigenvalue weighted by Gasteiger charge is 2.20. The zero-order chi connectivity index (χ0) is 15.1. The third-order valence-electron chi connectivity index (χ3n) is 3.94. The molecule has 0 spiro atoms. The fourth-order valence-corrected chi connectivity index (χ4v) is 2.71. The second kappa shape index (κ2) is 8.03. The molecule has 0 radical (unpaired) electrons. The van der Waals surface area contributed by atoms with E-state index in [-0.39, 0.29) is 5.91 Å². The van der Waals surface area contributed by atoms with Crippen LogP contribution in [0, 0.1) is 0 Å². The first-order chi connectivity index (χ1) is 10.2. The minimum Gasteiger partial charge on any atom is -0.481 e. The lowest BCUT2D eigenvalue weighted by Gasteiger charge is -2.24. The number of nitrogens with one attached hydrogen (secondary N) is 2. The average molecular weight is 290 g/mol. The Morgan fingerprint density at radius 2 is 1.90 bits per heavy atom. The van der Waals surface area contributed by atoms with Crippen molar-refractivity contribution in [2.45, 2.75) is 57.7 Å². The van der Waals surface area contributed by atoms with Gasteiger partial charge in [-0.2, -0.15) is 0 Å². The van der Waals surface area contributed by atoms with E-state index in [9.17, 15) is 4.79 Å². The molecule has 2 N–H and O–H groups in total. The summed E-state index contributed by atoms with van der Waals surface area (Å²) in [6.07, 6.45) is 5.45. The van der Waals surface area contributed by atoms with Crippen molar-refractivity contribution in [1.82, 2.24) is 10.6 Å². The summed E-state index contributed by atoms with van der Waals surface area (Å²) >= 11 is 0. The summed E-state index contributed by atoms with van der Waals surface area (Å²) in [4.78, 5) is 12.1. The molecule has 1 unspecified atom stereocenters. The second-order valence-electron chi connectivity index (χ2n) is 5.78. The van der Waals surface area contributed by atoms with Crippen LogP contribution in [0.1, 0.15) is 44.6 Å². The summed E-state index contributed by atoms with van der Waals surface area (Å²) in [6, 6.07) is 8.18. The first-order valence-electron chi connectivity index (χ1n) is 7.89. The Morgan fingerprint density at radius 1 is 1.24 bits per heavy atom. The van der Waals surface area contributed by atoms with Crippen molar-refractivity contribution < 1.29 is 9.53 Å². The maximum atomic E-state index is 12.1. The van der Waals surface area contributed by atoms with E-state index in [0.29, 0.717) is 6.04 Å². The minimum absolute atomic E-state index is 0.0128. The van der Waals surface area contributed by atoms with Crippen LogP contribution in [-0.2, 0) is 11.3 Å². The molecule has 1 aliphatic rings. The zero-order valence-electron chi connectivity index (χ0n) is 13.0. The van der Waals surface area contributed by atoms with Crippen molar-refractivity contribution in [1.29, 1.82) is 0 Å². The van der Waals surface area contributed by atoms with Gasteiger partial charge in [-0.15, -0.1) is 0 Å². The number of rotatable bonds is 6.